The number of aromatic amines is 1. The number of aromatic carboxylic acids is 1. The number of carbonyl (C=O) groups is 1. The number of hydrogen-bond acceptors (Lipinski definition) is 2. The predicted molar refractivity (Wildman–Crippen MR) is 115 cm³/mol. The molecule has 6 heteroatoms. The second-order valence-electron chi connectivity index (χ2n) is 7.30. The van der Waals surface area contributed by atoms with Crippen molar-refractivity contribution in [1.29, 1.82) is 0 Å². The van der Waals surface area contributed by atoms with Crippen molar-refractivity contribution in [3.63, 3.8) is 0 Å². The maximum absolute atomic E-state index is 14.3. The Morgan fingerprint density at radius 3 is 2.57 bits per heavy atom. The normalized spacial score (nSPS) is 11.2. The SMILES string of the molecule is CCc1ccc2c(c1)c(-c1ccc(C)[nH]c1=O)c(C(=O)O)n2Cc1ccccc1F. The van der Waals surface area contributed by atoms with Crippen LogP contribution in [-0.4, -0.2) is 20.6 Å². The van der Waals surface area contributed by atoms with Gasteiger partial charge in [0, 0.05) is 27.7 Å². The van der Waals surface area contributed by atoms with Gasteiger partial charge in [-0.05, 0) is 49.2 Å². The Morgan fingerprint density at radius 1 is 1.13 bits per heavy atom. The van der Waals surface area contributed by atoms with E-state index in [-0.39, 0.29) is 23.4 Å². The summed E-state index contributed by atoms with van der Waals surface area (Å²) >= 11 is 0. The first-order valence-electron chi connectivity index (χ1n) is 9.72. The lowest BCUT2D eigenvalue weighted by atomic mass is 10.0. The van der Waals surface area contributed by atoms with Crippen LogP contribution in [0.1, 0.15) is 34.2 Å². The van der Waals surface area contributed by atoms with Gasteiger partial charge in [-0.3, -0.25) is 4.79 Å². The first-order chi connectivity index (χ1) is 14.4. The van der Waals surface area contributed by atoms with Gasteiger partial charge < -0.3 is 14.7 Å². The molecule has 0 radical (unpaired) electrons. The van der Waals surface area contributed by atoms with Crippen LogP contribution in [0.15, 0.2) is 59.4 Å². The number of nitrogens with one attached hydrogen (secondary N) is 1. The van der Waals surface area contributed by atoms with Gasteiger partial charge in [-0.2, -0.15) is 0 Å². The summed E-state index contributed by atoms with van der Waals surface area (Å²) in [6.45, 7) is 3.81. The van der Waals surface area contributed by atoms with Gasteiger partial charge in [0.15, 0.2) is 0 Å². The number of pyridine rings is 1. The average molecular weight is 404 g/mol. The van der Waals surface area contributed by atoms with Gasteiger partial charge in [0.2, 0.25) is 0 Å². The molecule has 0 bridgehead atoms. The predicted octanol–water partition coefficient (Wildman–Crippen LogP) is 4.75. The fourth-order valence-electron chi connectivity index (χ4n) is 3.85. The Bertz CT molecular complexity index is 1330. The smallest absolute Gasteiger partial charge is 0.353 e. The standard InChI is InChI=1S/C24H21FN2O3/c1-3-15-9-11-20-18(12-15)21(17-10-8-14(2)26-23(17)28)22(24(29)30)27(20)13-16-6-4-5-7-19(16)25/h4-12H,3,13H2,1-2H3,(H,26,28)(H,29,30). The summed E-state index contributed by atoms with van der Waals surface area (Å²) in [6.07, 6.45) is 0.764. The molecule has 0 amide bonds. The molecule has 0 saturated heterocycles. The lowest BCUT2D eigenvalue weighted by molar-refractivity contribution is 0.0687. The number of rotatable bonds is 5. The summed E-state index contributed by atoms with van der Waals surface area (Å²) in [4.78, 5) is 27.8. The summed E-state index contributed by atoms with van der Waals surface area (Å²) in [5, 5.41) is 10.8. The number of fused-ring (bicyclic) bond motifs is 1. The van der Waals surface area contributed by atoms with Gasteiger partial charge in [0.05, 0.1) is 12.1 Å². The fourth-order valence-corrected chi connectivity index (χ4v) is 3.85. The molecule has 0 spiro atoms. The van der Waals surface area contributed by atoms with Crippen molar-refractivity contribution in [2.45, 2.75) is 26.8 Å². The molecule has 2 N–H and O–H groups in total. The molecule has 0 saturated carbocycles. The Balaban J connectivity index is 2.09. The van der Waals surface area contributed by atoms with Gasteiger partial charge in [-0.1, -0.05) is 31.2 Å². The molecule has 4 aromatic rings. The van der Waals surface area contributed by atoms with Crippen LogP contribution in [0.3, 0.4) is 0 Å². The first kappa shape index (κ1) is 19.6. The van der Waals surface area contributed by atoms with E-state index in [4.69, 9.17) is 0 Å². The van der Waals surface area contributed by atoms with Gasteiger partial charge in [0.25, 0.3) is 5.56 Å². The minimum atomic E-state index is -1.17. The maximum Gasteiger partial charge on any atom is 0.353 e. The summed E-state index contributed by atoms with van der Waals surface area (Å²) in [6, 6.07) is 15.3. The number of carboxylic acids is 1. The van der Waals surface area contributed by atoms with E-state index < -0.39 is 11.8 Å². The van der Waals surface area contributed by atoms with Crippen LogP contribution in [0.2, 0.25) is 0 Å². The third kappa shape index (κ3) is 3.30. The quantitative estimate of drug-likeness (QED) is 0.504. The molecule has 2 aromatic carbocycles. The third-order valence-corrected chi connectivity index (χ3v) is 5.35. The third-order valence-electron chi connectivity index (χ3n) is 5.35. The molecule has 152 valence electrons. The highest BCUT2D eigenvalue weighted by Crippen LogP contribution is 2.35. The van der Waals surface area contributed by atoms with Gasteiger partial charge in [-0.25, -0.2) is 9.18 Å². The molecule has 0 aliphatic heterocycles. The monoisotopic (exact) mass is 404 g/mol. The van der Waals surface area contributed by atoms with Crippen molar-refractivity contribution in [3.8, 4) is 11.1 Å². The van der Waals surface area contributed by atoms with E-state index in [2.05, 4.69) is 4.98 Å². The minimum Gasteiger partial charge on any atom is -0.477 e. The zero-order chi connectivity index (χ0) is 21.4. The number of hydrogen-bond donors (Lipinski definition) is 2. The molecule has 4 rings (SSSR count). The summed E-state index contributed by atoms with van der Waals surface area (Å²) < 4.78 is 15.9. The first-order valence-corrected chi connectivity index (χ1v) is 9.72. The minimum absolute atomic E-state index is 0.0316. The molecule has 0 unspecified atom stereocenters. The number of aromatic nitrogens is 2. The number of carboxylic acid groups (broad SMARTS) is 1. The van der Waals surface area contributed by atoms with E-state index in [0.717, 1.165) is 12.0 Å². The lowest BCUT2D eigenvalue weighted by Gasteiger charge is -2.10. The van der Waals surface area contributed by atoms with E-state index in [1.54, 1.807) is 41.8 Å². The Morgan fingerprint density at radius 2 is 1.90 bits per heavy atom. The van der Waals surface area contributed by atoms with E-state index in [1.165, 1.54) is 6.07 Å². The zero-order valence-corrected chi connectivity index (χ0v) is 16.7. The highest BCUT2D eigenvalue weighted by atomic mass is 19.1. The number of aryl methyl sites for hydroxylation is 2. The van der Waals surface area contributed by atoms with Crippen LogP contribution in [0.25, 0.3) is 22.0 Å². The Labute approximate surface area is 172 Å². The second-order valence-corrected chi connectivity index (χ2v) is 7.30. The summed E-state index contributed by atoms with van der Waals surface area (Å²) in [7, 11) is 0. The molecule has 5 nitrogen and oxygen atoms in total. The summed E-state index contributed by atoms with van der Waals surface area (Å²) in [5.41, 5.74) is 2.97. The van der Waals surface area contributed by atoms with Crippen molar-refractivity contribution >= 4 is 16.9 Å². The molecular formula is C24H21FN2O3. The van der Waals surface area contributed by atoms with E-state index in [0.29, 0.717) is 27.7 Å². The molecule has 30 heavy (non-hydrogen) atoms. The van der Waals surface area contributed by atoms with Gasteiger partial charge in [-0.15, -0.1) is 0 Å². The number of nitrogens with zero attached hydrogens (tertiary/aromatic N) is 1. The van der Waals surface area contributed by atoms with Crippen LogP contribution in [-0.2, 0) is 13.0 Å². The van der Waals surface area contributed by atoms with E-state index in [1.807, 2.05) is 25.1 Å². The average Bonchev–Trinajstić information content (AvgIpc) is 3.03. The molecule has 2 heterocycles. The number of halogens is 1. The van der Waals surface area contributed by atoms with Gasteiger partial charge >= 0.3 is 5.97 Å². The molecule has 0 atom stereocenters. The van der Waals surface area contributed by atoms with Crippen LogP contribution in [0.4, 0.5) is 4.39 Å². The van der Waals surface area contributed by atoms with E-state index >= 15 is 0 Å². The van der Waals surface area contributed by atoms with Gasteiger partial charge in [0.1, 0.15) is 11.5 Å². The molecule has 0 aliphatic rings. The topological polar surface area (TPSA) is 75.1 Å². The van der Waals surface area contributed by atoms with Crippen molar-refractivity contribution in [1.82, 2.24) is 9.55 Å². The summed E-state index contributed by atoms with van der Waals surface area (Å²) in [5.74, 6) is -1.58. The maximum atomic E-state index is 14.3. The van der Waals surface area contributed by atoms with Crippen molar-refractivity contribution in [2.75, 3.05) is 0 Å². The Hall–Kier alpha value is -3.67. The fraction of sp³-hybridized carbons (Fsp3) is 0.167. The highest BCUT2D eigenvalue weighted by Gasteiger charge is 2.26. The highest BCUT2D eigenvalue weighted by molar-refractivity contribution is 6.08. The molecular weight excluding hydrogens is 383 g/mol. The molecule has 0 fully saturated rings. The second kappa shape index (κ2) is 7.63. The number of H-pyrrole nitrogens is 1. The van der Waals surface area contributed by atoms with Crippen LogP contribution in [0, 0.1) is 12.7 Å². The molecule has 0 aliphatic carbocycles. The largest absolute Gasteiger partial charge is 0.477 e. The lowest BCUT2D eigenvalue weighted by Crippen LogP contribution is -2.14. The van der Waals surface area contributed by atoms with Crippen LogP contribution >= 0.6 is 0 Å². The Kier molecular flexibility index (Phi) is 4.99. The van der Waals surface area contributed by atoms with Crippen LogP contribution in [0.5, 0.6) is 0 Å². The molecule has 2 aromatic heterocycles. The van der Waals surface area contributed by atoms with E-state index in [9.17, 15) is 19.1 Å². The van der Waals surface area contributed by atoms with Crippen molar-refractivity contribution in [2.24, 2.45) is 0 Å². The van der Waals surface area contributed by atoms with Crippen molar-refractivity contribution < 1.29 is 14.3 Å². The van der Waals surface area contributed by atoms with Crippen molar-refractivity contribution in [3.05, 3.63) is 93.3 Å². The van der Waals surface area contributed by atoms with Crippen LogP contribution < -0.4 is 5.56 Å². The zero-order valence-electron chi connectivity index (χ0n) is 16.7. The number of benzene rings is 2.